The number of hydrogen-bond acceptors (Lipinski definition) is 2. The van der Waals surface area contributed by atoms with Crippen molar-refractivity contribution in [2.75, 3.05) is 26.8 Å². The van der Waals surface area contributed by atoms with Crippen LogP contribution in [-0.4, -0.2) is 26.8 Å². The Bertz CT molecular complexity index is 170. The monoisotopic (exact) mass is 195 g/mol. The van der Waals surface area contributed by atoms with E-state index in [9.17, 15) is 0 Å². The molecule has 0 aromatic rings. The lowest BCUT2D eigenvalue weighted by Gasteiger charge is -2.00. The van der Waals surface area contributed by atoms with Crippen molar-refractivity contribution in [3.8, 4) is 12.3 Å². The molecule has 0 saturated heterocycles. The molecule has 0 saturated carbocycles. The van der Waals surface area contributed by atoms with Gasteiger partial charge in [0.1, 0.15) is 0 Å². The van der Waals surface area contributed by atoms with Crippen LogP contribution in [0.1, 0.15) is 25.7 Å². The second-order valence-electron chi connectivity index (χ2n) is 3.10. The smallest absolute Gasteiger partial charge is 0.0587 e. The Hall–Kier alpha value is -0.780. The molecular weight excluding hydrogens is 174 g/mol. The van der Waals surface area contributed by atoms with Gasteiger partial charge in [-0.2, -0.15) is 0 Å². The second-order valence-corrected chi connectivity index (χ2v) is 3.10. The van der Waals surface area contributed by atoms with Crippen LogP contribution in [0.15, 0.2) is 12.2 Å². The van der Waals surface area contributed by atoms with Crippen molar-refractivity contribution < 1.29 is 4.74 Å². The van der Waals surface area contributed by atoms with Gasteiger partial charge >= 0.3 is 0 Å². The highest BCUT2D eigenvalue weighted by Gasteiger charge is 1.84. The fourth-order valence-corrected chi connectivity index (χ4v) is 1.04. The number of methoxy groups -OCH3 is 1. The number of allylic oxidation sites excluding steroid dienone is 1. The van der Waals surface area contributed by atoms with E-state index in [1.165, 1.54) is 0 Å². The molecule has 0 aliphatic carbocycles. The molecule has 0 atom stereocenters. The predicted octanol–water partition coefficient (Wildman–Crippen LogP) is 1.97. The highest BCUT2D eigenvalue weighted by molar-refractivity contribution is 4.87. The van der Waals surface area contributed by atoms with Crippen molar-refractivity contribution in [2.45, 2.75) is 25.7 Å². The zero-order chi connectivity index (χ0) is 10.5. The zero-order valence-electron chi connectivity index (χ0n) is 9.09. The van der Waals surface area contributed by atoms with E-state index in [0.29, 0.717) is 0 Å². The lowest BCUT2D eigenvalue weighted by atomic mass is 10.2. The van der Waals surface area contributed by atoms with E-state index in [0.717, 1.165) is 45.4 Å². The number of ether oxygens (including phenoxy) is 1. The third-order valence-electron chi connectivity index (χ3n) is 1.83. The summed E-state index contributed by atoms with van der Waals surface area (Å²) in [5.41, 5.74) is 0. The topological polar surface area (TPSA) is 21.3 Å². The van der Waals surface area contributed by atoms with Gasteiger partial charge in [-0.15, -0.1) is 12.3 Å². The first-order valence-corrected chi connectivity index (χ1v) is 5.20. The van der Waals surface area contributed by atoms with Crippen LogP contribution in [-0.2, 0) is 4.74 Å². The lowest BCUT2D eigenvalue weighted by Crippen LogP contribution is -2.19. The summed E-state index contributed by atoms with van der Waals surface area (Å²) >= 11 is 0. The van der Waals surface area contributed by atoms with Gasteiger partial charge in [0, 0.05) is 20.1 Å². The number of terminal acetylenes is 1. The molecule has 1 N–H and O–H groups in total. The Morgan fingerprint density at radius 1 is 1.29 bits per heavy atom. The first kappa shape index (κ1) is 13.2. The molecule has 0 aliphatic heterocycles. The number of hydrogen-bond donors (Lipinski definition) is 1. The minimum absolute atomic E-state index is 0.784. The minimum atomic E-state index is 0.784. The second kappa shape index (κ2) is 12.2. The average Bonchev–Trinajstić information content (AvgIpc) is 2.21. The fourth-order valence-electron chi connectivity index (χ4n) is 1.04. The van der Waals surface area contributed by atoms with Crippen molar-refractivity contribution >= 4 is 0 Å². The van der Waals surface area contributed by atoms with Gasteiger partial charge in [0.15, 0.2) is 0 Å². The highest BCUT2D eigenvalue weighted by atomic mass is 16.5. The SMILES string of the molecule is C#CCCC/C=C/CCNCCOC. The zero-order valence-corrected chi connectivity index (χ0v) is 9.09. The Labute approximate surface area is 87.7 Å². The van der Waals surface area contributed by atoms with E-state index < -0.39 is 0 Å². The first-order valence-electron chi connectivity index (χ1n) is 5.20. The van der Waals surface area contributed by atoms with Crippen LogP contribution in [0, 0.1) is 12.3 Å². The molecule has 0 bridgehead atoms. The number of rotatable bonds is 9. The molecule has 2 nitrogen and oxygen atoms in total. The van der Waals surface area contributed by atoms with Gasteiger partial charge in [-0.3, -0.25) is 0 Å². The fraction of sp³-hybridized carbons (Fsp3) is 0.667. The quantitative estimate of drug-likeness (QED) is 0.345. The minimum Gasteiger partial charge on any atom is -0.383 e. The molecule has 2 heteroatoms. The van der Waals surface area contributed by atoms with E-state index in [-0.39, 0.29) is 0 Å². The third kappa shape index (κ3) is 11.2. The van der Waals surface area contributed by atoms with Crippen molar-refractivity contribution in [3.05, 3.63) is 12.2 Å². The van der Waals surface area contributed by atoms with E-state index in [1.54, 1.807) is 7.11 Å². The first-order chi connectivity index (χ1) is 6.91. The average molecular weight is 195 g/mol. The Kier molecular flexibility index (Phi) is 11.5. The molecule has 0 aliphatic rings. The summed E-state index contributed by atoms with van der Waals surface area (Å²) in [6.45, 7) is 2.74. The maximum Gasteiger partial charge on any atom is 0.0587 e. The van der Waals surface area contributed by atoms with Crippen LogP contribution in [0.3, 0.4) is 0 Å². The Morgan fingerprint density at radius 2 is 2.07 bits per heavy atom. The Morgan fingerprint density at radius 3 is 2.79 bits per heavy atom. The van der Waals surface area contributed by atoms with E-state index in [2.05, 4.69) is 23.4 Å². The summed E-state index contributed by atoms with van der Waals surface area (Å²) in [7, 11) is 1.72. The molecule has 0 aromatic carbocycles. The summed E-state index contributed by atoms with van der Waals surface area (Å²) in [5.74, 6) is 2.63. The van der Waals surface area contributed by atoms with Crippen molar-refractivity contribution in [1.29, 1.82) is 0 Å². The predicted molar refractivity (Wildman–Crippen MR) is 61.2 cm³/mol. The lowest BCUT2D eigenvalue weighted by molar-refractivity contribution is 0.199. The number of unbranched alkanes of at least 4 members (excludes halogenated alkanes) is 2. The van der Waals surface area contributed by atoms with Gasteiger partial charge in [-0.25, -0.2) is 0 Å². The molecule has 0 rings (SSSR count). The van der Waals surface area contributed by atoms with Crippen LogP contribution in [0.5, 0.6) is 0 Å². The van der Waals surface area contributed by atoms with Crippen molar-refractivity contribution in [2.24, 2.45) is 0 Å². The van der Waals surface area contributed by atoms with Gasteiger partial charge in [0.05, 0.1) is 6.61 Å². The molecule has 0 heterocycles. The molecule has 0 radical (unpaired) electrons. The molecule has 0 spiro atoms. The van der Waals surface area contributed by atoms with Crippen LogP contribution >= 0.6 is 0 Å². The van der Waals surface area contributed by atoms with Gasteiger partial charge in [-0.1, -0.05) is 12.2 Å². The van der Waals surface area contributed by atoms with Gasteiger partial charge in [0.2, 0.25) is 0 Å². The largest absolute Gasteiger partial charge is 0.383 e. The van der Waals surface area contributed by atoms with Gasteiger partial charge in [-0.05, 0) is 25.8 Å². The van der Waals surface area contributed by atoms with Crippen LogP contribution in [0.4, 0.5) is 0 Å². The summed E-state index contributed by atoms with van der Waals surface area (Å²) in [5, 5.41) is 3.28. The maximum absolute atomic E-state index is 5.14. The summed E-state index contributed by atoms with van der Waals surface area (Å²) in [6, 6.07) is 0. The molecule has 0 fully saturated rings. The van der Waals surface area contributed by atoms with Gasteiger partial charge in [0.25, 0.3) is 0 Å². The number of nitrogens with one attached hydrogen (secondary N) is 1. The standard InChI is InChI=1S/C12H21NO/c1-3-4-5-6-7-8-9-10-13-11-12-14-2/h1,7-8,13H,4-6,9-12H2,2H3/b8-7+. The van der Waals surface area contributed by atoms with Crippen LogP contribution in [0.2, 0.25) is 0 Å². The Balaban J connectivity index is 3.00. The third-order valence-corrected chi connectivity index (χ3v) is 1.83. The molecular formula is C12H21NO. The van der Waals surface area contributed by atoms with E-state index >= 15 is 0 Å². The van der Waals surface area contributed by atoms with E-state index in [4.69, 9.17) is 11.2 Å². The summed E-state index contributed by atoms with van der Waals surface area (Å²) < 4.78 is 4.91. The van der Waals surface area contributed by atoms with Crippen molar-refractivity contribution in [3.63, 3.8) is 0 Å². The normalized spacial score (nSPS) is 10.6. The molecule has 0 unspecified atom stereocenters. The molecule has 0 aromatic heterocycles. The summed E-state index contributed by atoms with van der Waals surface area (Å²) in [4.78, 5) is 0. The van der Waals surface area contributed by atoms with Crippen LogP contribution in [0.25, 0.3) is 0 Å². The molecule has 0 amide bonds. The maximum atomic E-state index is 5.14. The van der Waals surface area contributed by atoms with Gasteiger partial charge < -0.3 is 10.1 Å². The molecule has 80 valence electrons. The summed E-state index contributed by atoms with van der Waals surface area (Å²) in [6.07, 6.45) is 13.7. The van der Waals surface area contributed by atoms with Crippen LogP contribution < -0.4 is 5.32 Å². The van der Waals surface area contributed by atoms with E-state index in [1.807, 2.05) is 0 Å². The highest BCUT2D eigenvalue weighted by Crippen LogP contribution is 1.95. The van der Waals surface area contributed by atoms with Crippen molar-refractivity contribution in [1.82, 2.24) is 5.32 Å². The molecule has 14 heavy (non-hydrogen) atoms.